The van der Waals surface area contributed by atoms with Crippen molar-refractivity contribution in [2.75, 3.05) is 13.7 Å². The van der Waals surface area contributed by atoms with E-state index in [4.69, 9.17) is 4.74 Å². The van der Waals surface area contributed by atoms with E-state index in [-0.39, 0.29) is 12.4 Å². The monoisotopic (exact) mass is 393 g/mol. The number of esters is 1. The van der Waals surface area contributed by atoms with E-state index < -0.39 is 12.1 Å². The molecule has 3 rings (SSSR count). The normalized spacial score (nSPS) is 11.4. The Hall–Kier alpha value is -2.74. The lowest BCUT2D eigenvalue weighted by Gasteiger charge is -2.17. The Bertz CT molecular complexity index is 987. The molecule has 5 nitrogen and oxygen atoms in total. The predicted molar refractivity (Wildman–Crippen MR) is 98.6 cm³/mol. The number of ether oxygens (including phenoxy) is 3. The summed E-state index contributed by atoms with van der Waals surface area (Å²) in [7, 11) is 1.59. The van der Waals surface area contributed by atoms with Gasteiger partial charge in [-0.2, -0.15) is 8.78 Å². The molecular formula is C19H17F2NO4S. The number of nitrogens with zero attached hydrogens (tertiary/aromatic N) is 1. The SMILES string of the molecule is CCOC(=O)C(F)(F)Oc1ccc(-c2nc3ccc(OC)cc3s2)cc1C. The highest BCUT2D eigenvalue weighted by Crippen LogP contribution is 2.35. The Morgan fingerprint density at radius 3 is 2.67 bits per heavy atom. The number of hydrogen-bond donors (Lipinski definition) is 0. The maximum atomic E-state index is 13.8. The van der Waals surface area contributed by atoms with E-state index in [2.05, 4.69) is 14.5 Å². The standard InChI is InChI=1S/C19H17F2NO4S/c1-4-25-18(23)19(20,21)26-15-8-5-12(9-11(15)2)17-22-14-7-6-13(24-3)10-16(14)27-17/h5-10H,4H2,1-3H3. The summed E-state index contributed by atoms with van der Waals surface area (Å²) >= 11 is 1.46. The van der Waals surface area contributed by atoms with Crippen LogP contribution in [0.5, 0.6) is 11.5 Å². The first-order chi connectivity index (χ1) is 12.8. The average Bonchev–Trinajstić information content (AvgIpc) is 3.06. The molecule has 27 heavy (non-hydrogen) atoms. The molecule has 3 aromatic rings. The molecule has 0 bridgehead atoms. The number of fused-ring (bicyclic) bond motifs is 1. The van der Waals surface area contributed by atoms with Crippen LogP contribution in [0.3, 0.4) is 0 Å². The van der Waals surface area contributed by atoms with Gasteiger partial charge in [-0.3, -0.25) is 0 Å². The van der Waals surface area contributed by atoms with Crippen LogP contribution >= 0.6 is 11.3 Å². The van der Waals surface area contributed by atoms with Gasteiger partial charge in [-0.05, 0) is 55.8 Å². The van der Waals surface area contributed by atoms with Crippen molar-refractivity contribution < 1.29 is 27.8 Å². The Labute approximate surface area is 158 Å². The second-order valence-corrected chi connectivity index (χ2v) is 6.70. The van der Waals surface area contributed by atoms with Gasteiger partial charge < -0.3 is 14.2 Å². The lowest BCUT2D eigenvalue weighted by atomic mass is 10.1. The Kier molecular flexibility index (Phi) is 5.27. The molecule has 0 unspecified atom stereocenters. The molecule has 0 N–H and O–H groups in total. The van der Waals surface area contributed by atoms with Crippen LogP contribution in [0.15, 0.2) is 36.4 Å². The molecule has 0 aliphatic heterocycles. The second-order valence-electron chi connectivity index (χ2n) is 5.67. The fourth-order valence-corrected chi connectivity index (χ4v) is 3.44. The molecule has 0 fully saturated rings. The number of methoxy groups -OCH3 is 1. The molecule has 0 atom stereocenters. The van der Waals surface area contributed by atoms with Crippen LogP contribution in [0.25, 0.3) is 20.8 Å². The minimum atomic E-state index is -4.05. The molecule has 0 saturated carbocycles. The number of alkyl halides is 2. The number of hydrogen-bond acceptors (Lipinski definition) is 6. The third-order valence-corrected chi connectivity index (χ3v) is 4.84. The topological polar surface area (TPSA) is 57.7 Å². The van der Waals surface area contributed by atoms with Gasteiger partial charge in [0.05, 0.1) is 23.9 Å². The molecule has 2 aromatic carbocycles. The summed E-state index contributed by atoms with van der Waals surface area (Å²) in [6.07, 6.45) is -4.05. The maximum absolute atomic E-state index is 13.8. The molecule has 0 aliphatic rings. The van der Waals surface area contributed by atoms with Crippen molar-refractivity contribution in [3.63, 3.8) is 0 Å². The third kappa shape index (κ3) is 4.00. The van der Waals surface area contributed by atoms with Gasteiger partial charge >= 0.3 is 12.1 Å². The van der Waals surface area contributed by atoms with E-state index in [9.17, 15) is 13.6 Å². The van der Waals surface area contributed by atoms with Crippen LogP contribution in [0.4, 0.5) is 8.78 Å². The highest BCUT2D eigenvalue weighted by Gasteiger charge is 2.44. The van der Waals surface area contributed by atoms with Crippen LogP contribution in [0, 0.1) is 6.92 Å². The zero-order valence-corrected chi connectivity index (χ0v) is 15.7. The molecule has 1 heterocycles. The van der Waals surface area contributed by atoms with Gasteiger partial charge in [0.25, 0.3) is 0 Å². The summed E-state index contributed by atoms with van der Waals surface area (Å²) in [6, 6.07) is 10.3. The summed E-state index contributed by atoms with van der Waals surface area (Å²) in [6.45, 7) is 2.91. The van der Waals surface area contributed by atoms with Gasteiger partial charge in [-0.25, -0.2) is 9.78 Å². The van der Waals surface area contributed by atoms with E-state index in [1.54, 1.807) is 26.2 Å². The zero-order valence-electron chi connectivity index (χ0n) is 14.9. The number of carbonyl (C=O) groups excluding carboxylic acids is 1. The molecule has 0 amide bonds. The lowest BCUT2D eigenvalue weighted by molar-refractivity contribution is -0.216. The average molecular weight is 393 g/mol. The lowest BCUT2D eigenvalue weighted by Crippen LogP contribution is -2.37. The van der Waals surface area contributed by atoms with Crippen LogP contribution in [-0.4, -0.2) is 30.8 Å². The molecule has 8 heteroatoms. The Morgan fingerprint density at radius 1 is 1.22 bits per heavy atom. The first kappa shape index (κ1) is 19.0. The number of halogens is 2. The van der Waals surface area contributed by atoms with Gasteiger partial charge in [0.1, 0.15) is 16.5 Å². The first-order valence-corrected chi connectivity index (χ1v) is 8.95. The van der Waals surface area contributed by atoms with Gasteiger partial charge in [-0.15, -0.1) is 11.3 Å². The number of rotatable bonds is 6. The van der Waals surface area contributed by atoms with Crippen molar-refractivity contribution in [1.82, 2.24) is 4.98 Å². The smallest absolute Gasteiger partial charge is 0.497 e. The summed E-state index contributed by atoms with van der Waals surface area (Å²) in [5.41, 5.74) is 2.04. The van der Waals surface area contributed by atoms with Crippen molar-refractivity contribution in [2.24, 2.45) is 0 Å². The van der Waals surface area contributed by atoms with Gasteiger partial charge in [-0.1, -0.05) is 0 Å². The fraction of sp³-hybridized carbons (Fsp3) is 0.263. The highest BCUT2D eigenvalue weighted by molar-refractivity contribution is 7.21. The van der Waals surface area contributed by atoms with Crippen molar-refractivity contribution in [3.05, 3.63) is 42.0 Å². The summed E-state index contributed by atoms with van der Waals surface area (Å²) in [4.78, 5) is 15.9. The summed E-state index contributed by atoms with van der Waals surface area (Å²) in [5, 5.41) is 0.741. The zero-order chi connectivity index (χ0) is 19.6. The van der Waals surface area contributed by atoms with Crippen molar-refractivity contribution in [3.8, 4) is 22.1 Å². The number of aromatic nitrogens is 1. The largest absolute Gasteiger partial charge is 0.502 e. The highest BCUT2D eigenvalue weighted by atomic mass is 32.1. The van der Waals surface area contributed by atoms with E-state index in [1.165, 1.54) is 24.3 Å². The number of benzene rings is 2. The fourth-order valence-electron chi connectivity index (χ4n) is 2.45. The molecule has 142 valence electrons. The maximum Gasteiger partial charge on any atom is 0.502 e. The van der Waals surface area contributed by atoms with Gasteiger partial charge in [0.15, 0.2) is 0 Å². The van der Waals surface area contributed by atoms with Crippen molar-refractivity contribution >= 4 is 27.5 Å². The molecule has 0 aliphatic carbocycles. The van der Waals surface area contributed by atoms with E-state index >= 15 is 0 Å². The van der Waals surface area contributed by atoms with Crippen LogP contribution < -0.4 is 9.47 Å². The van der Waals surface area contributed by atoms with Gasteiger partial charge in [0, 0.05) is 5.56 Å². The van der Waals surface area contributed by atoms with Crippen molar-refractivity contribution in [2.45, 2.75) is 20.0 Å². The molecule has 1 aromatic heterocycles. The Balaban J connectivity index is 1.87. The van der Waals surface area contributed by atoms with E-state index in [1.807, 2.05) is 18.2 Å². The van der Waals surface area contributed by atoms with Crippen LogP contribution in [0.1, 0.15) is 12.5 Å². The van der Waals surface area contributed by atoms with Crippen LogP contribution in [-0.2, 0) is 9.53 Å². The van der Waals surface area contributed by atoms with Gasteiger partial charge in [0.2, 0.25) is 0 Å². The number of thiazole rings is 1. The predicted octanol–water partition coefficient (Wildman–Crippen LogP) is 4.82. The molecule has 0 radical (unpaired) electrons. The number of carbonyl (C=O) groups is 1. The number of aryl methyl sites for hydroxylation is 1. The Morgan fingerprint density at radius 2 is 2.00 bits per heavy atom. The van der Waals surface area contributed by atoms with Crippen molar-refractivity contribution in [1.29, 1.82) is 0 Å². The first-order valence-electron chi connectivity index (χ1n) is 8.13. The summed E-state index contributed by atoms with van der Waals surface area (Å²) in [5.74, 6) is -1.08. The minimum absolute atomic E-state index is 0.0976. The quantitative estimate of drug-likeness (QED) is 0.562. The second kappa shape index (κ2) is 7.48. The summed E-state index contributed by atoms with van der Waals surface area (Å²) < 4.78 is 42.7. The van der Waals surface area contributed by atoms with E-state index in [0.717, 1.165) is 26.5 Å². The van der Waals surface area contributed by atoms with E-state index in [0.29, 0.717) is 5.56 Å². The minimum Gasteiger partial charge on any atom is -0.497 e. The van der Waals surface area contributed by atoms with Crippen LogP contribution in [0.2, 0.25) is 0 Å². The third-order valence-electron chi connectivity index (χ3n) is 3.77. The molecule has 0 saturated heterocycles. The molecular weight excluding hydrogens is 376 g/mol. The molecule has 0 spiro atoms.